The van der Waals surface area contributed by atoms with E-state index in [9.17, 15) is 0 Å². The van der Waals surface area contributed by atoms with E-state index in [0.717, 1.165) is 116 Å². The summed E-state index contributed by atoms with van der Waals surface area (Å²) in [6.07, 6.45) is 0. The van der Waals surface area contributed by atoms with E-state index < -0.39 is 0 Å². The van der Waals surface area contributed by atoms with E-state index in [0.29, 0.717) is 0 Å². The number of benzene rings is 13. The SMILES string of the molecule is CC(C)(C)c1ccc(-c2oc3c(cc(-c4ccc(-c5cccc6ccccc56)cc4)c4c5oc(-c6ccc(C(C)(C)C)cc6)c(-c6cccc7ccccc67)c5cc(-c5ccc(-c6ccc7ccccc7c6)cc5)c34)c2-c2ccccc2)cc1. The molecule has 15 rings (SSSR count). The molecule has 13 aromatic carbocycles. The Bertz CT molecular complexity index is 5010. The van der Waals surface area contributed by atoms with Gasteiger partial charge < -0.3 is 8.83 Å². The Morgan fingerprint density at radius 3 is 1.17 bits per heavy atom. The lowest BCUT2D eigenvalue weighted by Gasteiger charge is -2.19. The minimum absolute atomic E-state index is 0.0194. The van der Waals surface area contributed by atoms with Crippen LogP contribution in [-0.2, 0) is 10.8 Å². The number of hydrogen-bond acceptors (Lipinski definition) is 2. The number of furan rings is 2. The van der Waals surface area contributed by atoms with Gasteiger partial charge in [-0.2, -0.15) is 0 Å². The molecule has 84 heavy (non-hydrogen) atoms. The van der Waals surface area contributed by atoms with Gasteiger partial charge in [0.15, 0.2) is 0 Å². The third kappa shape index (κ3) is 8.72. The maximum Gasteiger partial charge on any atom is 0.144 e. The summed E-state index contributed by atoms with van der Waals surface area (Å²) in [6, 6.07) is 98.1. The van der Waals surface area contributed by atoms with Crippen molar-refractivity contribution >= 4 is 65.0 Å². The molecule has 2 heteroatoms. The van der Waals surface area contributed by atoms with Gasteiger partial charge in [-0.05, 0) is 128 Å². The van der Waals surface area contributed by atoms with E-state index in [1.165, 1.54) is 49.2 Å². The fourth-order valence-electron chi connectivity index (χ4n) is 12.9. The Balaban J connectivity index is 1.09. The molecule has 0 unspecified atom stereocenters. The van der Waals surface area contributed by atoms with Crippen LogP contribution in [0.15, 0.2) is 276 Å². The van der Waals surface area contributed by atoms with Gasteiger partial charge in [0.2, 0.25) is 0 Å². The fraction of sp³-hybridized carbons (Fsp3) is 0.0976. The lowest BCUT2D eigenvalue weighted by atomic mass is 9.85. The molecule has 15 aromatic rings. The van der Waals surface area contributed by atoms with Crippen molar-refractivity contribution < 1.29 is 8.83 Å². The lowest BCUT2D eigenvalue weighted by Crippen LogP contribution is -2.10. The van der Waals surface area contributed by atoms with Crippen molar-refractivity contribution in [1.29, 1.82) is 0 Å². The Morgan fingerprint density at radius 1 is 0.238 bits per heavy atom. The van der Waals surface area contributed by atoms with Crippen LogP contribution in [0.4, 0.5) is 0 Å². The topological polar surface area (TPSA) is 26.3 Å². The van der Waals surface area contributed by atoms with Crippen LogP contribution < -0.4 is 0 Å². The molecular formula is C82H62O2. The van der Waals surface area contributed by atoms with Gasteiger partial charge in [0.25, 0.3) is 0 Å². The molecule has 2 nitrogen and oxygen atoms in total. The Kier molecular flexibility index (Phi) is 12.0. The van der Waals surface area contributed by atoms with Crippen LogP contribution >= 0.6 is 0 Å². The molecule has 0 amide bonds. The predicted molar refractivity (Wildman–Crippen MR) is 357 cm³/mol. The molecule has 0 radical (unpaired) electrons. The molecule has 0 aliphatic rings. The second-order valence-electron chi connectivity index (χ2n) is 24.8. The minimum Gasteiger partial charge on any atom is -0.455 e. The van der Waals surface area contributed by atoms with E-state index in [-0.39, 0.29) is 10.8 Å². The molecular weight excluding hydrogens is 1020 g/mol. The van der Waals surface area contributed by atoms with Crippen LogP contribution in [0.2, 0.25) is 0 Å². The summed E-state index contributed by atoms with van der Waals surface area (Å²) in [5.41, 5.74) is 19.4. The molecule has 0 saturated heterocycles. The van der Waals surface area contributed by atoms with Crippen molar-refractivity contribution in [3.8, 4) is 89.4 Å². The summed E-state index contributed by atoms with van der Waals surface area (Å²) >= 11 is 0. The van der Waals surface area contributed by atoms with Crippen LogP contribution in [0.25, 0.3) is 154 Å². The maximum absolute atomic E-state index is 7.79. The molecule has 402 valence electrons. The zero-order valence-electron chi connectivity index (χ0n) is 48.2. The highest BCUT2D eigenvalue weighted by Gasteiger charge is 2.30. The zero-order valence-corrected chi connectivity index (χ0v) is 48.2. The average molecular weight is 1080 g/mol. The third-order valence-corrected chi connectivity index (χ3v) is 17.4. The molecule has 0 spiro atoms. The summed E-state index contributed by atoms with van der Waals surface area (Å²) in [4.78, 5) is 0. The lowest BCUT2D eigenvalue weighted by molar-refractivity contribution is 0.589. The van der Waals surface area contributed by atoms with Crippen molar-refractivity contribution in [2.45, 2.75) is 52.4 Å². The number of hydrogen-bond donors (Lipinski definition) is 0. The first-order chi connectivity index (χ1) is 40.9. The quantitative estimate of drug-likeness (QED) is 0.152. The van der Waals surface area contributed by atoms with Crippen molar-refractivity contribution in [3.63, 3.8) is 0 Å². The number of fused-ring (bicyclic) bond motifs is 8. The largest absolute Gasteiger partial charge is 0.455 e. The van der Waals surface area contributed by atoms with Gasteiger partial charge in [-0.15, -0.1) is 0 Å². The minimum atomic E-state index is -0.0294. The maximum atomic E-state index is 7.79. The number of rotatable bonds is 8. The monoisotopic (exact) mass is 1080 g/mol. The fourth-order valence-corrected chi connectivity index (χ4v) is 12.9. The highest BCUT2D eigenvalue weighted by atomic mass is 16.3. The molecule has 0 bridgehead atoms. The molecule has 2 heterocycles. The summed E-state index contributed by atoms with van der Waals surface area (Å²) in [7, 11) is 0. The zero-order chi connectivity index (χ0) is 56.8. The molecule has 2 aromatic heterocycles. The highest BCUT2D eigenvalue weighted by molar-refractivity contribution is 6.30. The van der Waals surface area contributed by atoms with E-state index in [1.54, 1.807) is 0 Å². The molecule has 0 aliphatic heterocycles. The van der Waals surface area contributed by atoms with Crippen LogP contribution in [0, 0.1) is 0 Å². The first-order valence-corrected chi connectivity index (χ1v) is 29.4. The van der Waals surface area contributed by atoms with Gasteiger partial charge in [-0.25, -0.2) is 0 Å². The van der Waals surface area contributed by atoms with Crippen molar-refractivity contribution in [2.75, 3.05) is 0 Å². The first-order valence-electron chi connectivity index (χ1n) is 29.4. The average Bonchev–Trinajstić information content (AvgIpc) is 1.82. The van der Waals surface area contributed by atoms with Crippen LogP contribution in [-0.4, -0.2) is 0 Å². The third-order valence-electron chi connectivity index (χ3n) is 17.4. The van der Waals surface area contributed by atoms with Gasteiger partial charge in [0, 0.05) is 43.8 Å². The van der Waals surface area contributed by atoms with Gasteiger partial charge in [0.05, 0.1) is 0 Å². The second-order valence-corrected chi connectivity index (χ2v) is 24.8. The van der Waals surface area contributed by atoms with Crippen LogP contribution in [0.1, 0.15) is 52.7 Å². The van der Waals surface area contributed by atoms with Gasteiger partial charge in [-0.3, -0.25) is 0 Å². The molecule has 0 saturated carbocycles. The normalized spacial score (nSPS) is 12.2. The highest BCUT2D eigenvalue weighted by Crippen LogP contribution is 2.54. The molecule has 0 N–H and O–H groups in total. The summed E-state index contributed by atoms with van der Waals surface area (Å²) in [6.45, 7) is 13.6. The van der Waals surface area contributed by atoms with E-state index in [1.807, 2.05) is 0 Å². The summed E-state index contributed by atoms with van der Waals surface area (Å²) in [5.74, 6) is 1.66. The van der Waals surface area contributed by atoms with E-state index in [2.05, 4.69) is 308 Å². The van der Waals surface area contributed by atoms with Crippen molar-refractivity contribution in [2.24, 2.45) is 0 Å². The van der Waals surface area contributed by atoms with Crippen molar-refractivity contribution in [1.82, 2.24) is 0 Å². The molecule has 0 fully saturated rings. The van der Waals surface area contributed by atoms with Crippen LogP contribution in [0.5, 0.6) is 0 Å². The first kappa shape index (κ1) is 50.9. The van der Waals surface area contributed by atoms with Crippen molar-refractivity contribution in [3.05, 3.63) is 278 Å². The van der Waals surface area contributed by atoms with Gasteiger partial charge >= 0.3 is 0 Å². The summed E-state index contributed by atoms with van der Waals surface area (Å²) < 4.78 is 15.5. The molecule has 0 aliphatic carbocycles. The Hall–Kier alpha value is -10.0. The molecule has 0 atom stereocenters. The van der Waals surface area contributed by atoms with Gasteiger partial charge in [0.1, 0.15) is 22.7 Å². The second kappa shape index (κ2) is 19.9. The Labute approximate surface area is 490 Å². The predicted octanol–water partition coefficient (Wildman–Crippen LogP) is 23.7. The summed E-state index contributed by atoms with van der Waals surface area (Å²) in [5, 5.41) is 11.3. The Morgan fingerprint density at radius 2 is 0.631 bits per heavy atom. The smallest absolute Gasteiger partial charge is 0.144 e. The van der Waals surface area contributed by atoms with Gasteiger partial charge in [-0.1, -0.05) is 290 Å². The van der Waals surface area contributed by atoms with Crippen LogP contribution in [0.3, 0.4) is 0 Å². The standard InChI is InChI=1S/C82H62O2/c1-81(2,3)63-44-40-59(41-45-63)77-73(58-21-8-7-9-22-58)71-49-69(57-37-35-55(36-38-57)66-28-16-24-53-19-12-14-26-65(53)66)76-75(79(71)83-77)70(56-33-30-52(31-34-56)62-39-32-51-18-10-11-23-61(51)48-62)50-72-74(68-29-17-25-54-20-13-15-27-67(54)68)78(84-80(72)76)60-42-46-64(47-43-60)82(4,5)6/h7-50H,1-6H3. The van der Waals surface area contributed by atoms with E-state index >= 15 is 0 Å². The van der Waals surface area contributed by atoms with E-state index in [4.69, 9.17) is 8.83 Å².